The molecule has 190 valence electrons. The standard InChI is InChI=1S/C27H39N5O3/c1-25(2,3)35-24(33)31-11-10-26(4,18-31)16-29-17-27(34)9-5-6-21(13-27)15-32-19-30-22-8-7-20(14-28)12-23(22)32/h7-8,12,19,21,29,34H,5-6,9-11,13,15-18H2,1-4H3/t21-,26?,27-/m0/s1. The number of likely N-dealkylation sites (tertiary alicyclic amines) is 1. The third-order valence-electron chi connectivity index (χ3n) is 7.34. The summed E-state index contributed by atoms with van der Waals surface area (Å²) in [6.07, 6.45) is 6.10. The largest absolute Gasteiger partial charge is 0.444 e. The Bertz CT molecular complexity index is 1100. The highest BCUT2D eigenvalue weighted by Crippen LogP contribution is 2.35. The van der Waals surface area contributed by atoms with Crippen LogP contribution in [0.4, 0.5) is 4.79 Å². The van der Waals surface area contributed by atoms with Crippen molar-refractivity contribution in [3.8, 4) is 6.07 Å². The normalized spacial score (nSPS) is 27.2. The van der Waals surface area contributed by atoms with Crippen LogP contribution in [-0.4, -0.2) is 63.0 Å². The summed E-state index contributed by atoms with van der Waals surface area (Å²) < 4.78 is 7.65. The van der Waals surface area contributed by atoms with Gasteiger partial charge in [0.15, 0.2) is 0 Å². The van der Waals surface area contributed by atoms with Crippen molar-refractivity contribution >= 4 is 17.1 Å². The van der Waals surface area contributed by atoms with Crippen molar-refractivity contribution in [2.75, 3.05) is 26.2 Å². The van der Waals surface area contributed by atoms with E-state index in [-0.39, 0.29) is 11.5 Å². The lowest BCUT2D eigenvalue weighted by Gasteiger charge is -2.38. The molecule has 2 heterocycles. The van der Waals surface area contributed by atoms with E-state index in [2.05, 4.69) is 27.9 Å². The van der Waals surface area contributed by atoms with E-state index >= 15 is 0 Å². The molecule has 0 bridgehead atoms. The molecule has 1 aromatic heterocycles. The Morgan fingerprint density at radius 3 is 2.89 bits per heavy atom. The fraction of sp³-hybridized carbons (Fsp3) is 0.667. The molecule has 1 aliphatic carbocycles. The molecule has 3 atom stereocenters. The van der Waals surface area contributed by atoms with E-state index < -0.39 is 11.2 Å². The lowest BCUT2D eigenvalue weighted by molar-refractivity contribution is -0.0190. The second kappa shape index (κ2) is 9.79. The number of nitriles is 1. The van der Waals surface area contributed by atoms with E-state index in [0.717, 1.165) is 56.2 Å². The van der Waals surface area contributed by atoms with E-state index in [1.54, 1.807) is 11.0 Å². The van der Waals surface area contributed by atoms with Crippen LogP contribution in [0.2, 0.25) is 0 Å². The summed E-state index contributed by atoms with van der Waals surface area (Å²) >= 11 is 0. The minimum absolute atomic E-state index is 0.0322. The zero-order valence-electron chi connectivity index (χ0n) is 21.5. The summed E-state index contributed by atoms with van der Waals surface area (Å²) in [4.78, 5) is 18.7. The molecule has 8 nitrogen and oxygen atoms in total. The van der Waals surface area contributed by atoms with Gasteiger partial charge in [-0.15, -0.1) is 0 Å². The lowest BCUT2D eigenvalue weighted by Crippen LogP contribution is -2.47. The molecule has 1 aliphatic heterocycles. The third-order valence-corrected chi connectivity index (χ3v) is 7.34. The Balaban J connectivity index is 1.29. The zero-order chi connectivity index (χ0) is 25.3. The number of fused-ring (bicyclic) bond motifs is 1. The van der Waals surface area contributed by atoms with Gasteiger partial charge in [0.2, 0.25) is 0 Å². The van der Waals surface area contributed by atoms with Crippen molar-refractivity contribution in [3.63, 3.8) is 0 Å². The van der Waals surface area contributed by atoms with Gasteiger partial charge in [0, 0.05) is 32.7 Å². The number of aromatic nitrogens is 2. The number of ether oxygens (including phenoxy) is 1. The Labute approximate surface area is 208 Å². The molecule has 2 N–H and O–H groups in total. The molecular formula is C27H39N5O3. The number of rotatable bonds is 6. The van der Waals surface area contributed by atoms with Crippen LogP contribution >= 0.6 is 0 Å². The summed E-state index contributed by atoms with van der Waals surface area (Å²) in [5.41, 5.74) is 1.24. The highest BCUT2D eigenvalue weighted by Gasteiger charge is 2.39. The summed E-state index contributed by atoms with van der Waals surface area (Å²) in [7, 11) is 0. The zero-order valence-corrected chi connectivity index (χ0v) is 21.5. The number of amides is 1. The number of nitrogens with one attached hydrogen (secondary N) is 1. The first-order chi connectivity index (χ1) is 16.5. The van der Waals surface area contributed by atoms with E-state index in [0.29, 0.717) is 31.1 Å². The van der Waals surface area contributed by atoms with Crippen molar-refractivity contribution in [1.82, 2.24) is 19.8 Å². The molecule has 35 heavy (non-hydrogen) atoms. The number of imidazole rings is 1. The topological polar surface area (TPSA) is 103 Å². The van der Waals surface area contributed by atoms with E-state index in [9.17, 15) is 15.2 Å². The molecule has 1 saturated heterocycles. The SMILES string of the molecule is CC1(CNC[C@]2(O)CCC[C@H](Cn3cnc4ccc(C#N)cc43)C2)CCN(C(=O)OC(C)(C)C)C1. The van der Waals surface area contributed by atoms with Crippen molar-refractivity contribution in [1.29, 1.82) is 5.26 Å². The van der Waals surface area contributed by atoms with Gasteiger partial charge in [-0.1, -0.05) is 13.3 Å². The van der Waals surface area contributed by atoms with Gasteiger partial charge in [0.25, 0.3) is 0 Å². The lowest BCUT2D eigenvalue weighted by atomic mass is 9.77. The first kappa shape index (κ1) is 25.5. The maximum absolute atomic E-state index is 12.4. The molecule has 1 unspecified atom stereocenters. The van der Waals surface area contributed by atoms with Crippen molar-refractivity contribution in [3.05, 3.63) is 30.1 Å². The van der Waals surface area contributed by atoms with E-state index in [4.69, 9.17) is 4.74 Å². The summed E-state index contributed by atoms with van der Waals surface area (Å²) in [5.74, 6) is 0.350. The fourth-order valence-corrected chi connectivity index (χ4v) is 5.57. The van der Waals surface area contributed by atoms with Gasteiger partial charge in [-0.05, 0) is 76.0 Å². The predicted octanol–water partition coefficient (Wildman–Crippen LogP) is 4.07. The van der Waals surface area contributed by atoms with Crippen molar-refractivity contribution < 1.29 is 14.6 Å². The van der Waals surface area contributed by atoms with Crippen LogP contribution in [0, 0.1) is 22.7 Å². The summed E-state index contributed by atoms with van der Waals surface area (Å²) in [6, 6.07) is 7.78. The van der Waals surface area contributed by atoms with Crippen LogP contribution < -0.4 is 5.32 Å². The highest BCUT2D eigenvalue weighted by atomic mass is 16.6. The molecule has 0 radical (unpaired) electrons. The van der Waals surface area contributed by atoms with Crippen LogP contribution in [0.5, 0.6) is 0 Å². The van der Waals surface area contributed by atoms with Crippen LogP contribution in [0.3, 0.4) is 0 Å². The molecule has 2 aliphatic rings. The quantitative estimate of drug-likeness (QED) is 0.645. The van der Waals surface area contributed by atoms with Crippen LogP contribution in [-0.2, 0) is 11.3 Å². The number of carbonyl (C=O) groups excluding carboxylic acids is 1. The van der Waals surface area contributed by atoms with Crippen LogP contribution in [0.1, 0.15) is 65.4 Å². The Morgan fingerprint density at radius 1 is 1.34 bits per heavy atom. The number of hydrogen-bond donors (Lipinski definition) is 2. The van der Waals surface area contributed by atoms with Gasteiger partial charge < -0.3 is 24.6 Å². The van der Waals surface area contributed by atoms with E-state index in [1.165, 1.54) is 0 Å². The number of hydrogen-bond acceptors (Lipinski definition) is 6. The molecular weight excluding hydrogens is 442 g/mol. The first-order valence-electron chi connectivity index (χ1n) is 12.7. The number of carbonyl (C=O) groups is 1. The molecule has 1 amide bonds. The maximum atomic E-state index is 12.4. The van der Waals surface area contributed by atoms with Crippen LogP contribution in [0.25, 0.3) is 11.0 Å². The highest BCUT2D eigenvalue weighted by molar-refractivity contribution is 5.77. The number of aliphatic hydroxyl groups is 1. The molecule has 8 heteroatoms. The molecule has 2 fully saturated rings. The Morgan fingerprint density at radius 2 is 2.14 bits per heavy atom. The average molecular weight is 482 g/mol. The van der Waals surface area contributed by atoms with Gasteiger partial charge in [-0.2, -0.15) is 5.26 Å². The fourth-order valence-electron chi connectivity index (χ4n) is 5.57. The minimum atomic E-state index is -0.739. The van der Waals surface area contributed by atoms with Gasteiger partial charge >= 0.3 is 6.09 Å². The van der Waals surface area contributed by atoms with Gasteiger partial charge in [0.1, 0.15) is 5.60 Å². The third kappa shape index (κ3) is 6.33. The maximum Gasteiger partial charge on any atom is 0.410 e. The molecule has 1 saturated carbocycles. The molecule has 2 aromatic rings. The minimum Gasteiger partial charge on any atom is -0.444 e. The summed E-state index contributed by atoms with van der Waals surface area (Å²) in [5, 5.41) is 24.1. The second-order valence-corrected chi connectivity index (χ2v) is 12.0. The van der Waals surface area contributed by atoms with Gasteiger partial charge in [-0.25, -0.2) is 9.78 Å². The summed E-state index contributed by atoms with van der Waals surface area (Å²) in [6.45, 7) is 11.3. The van der Waals surface area contributed by atoms with Crippen molar-refractivity contribution in [2.45, 2.75) is 77.5 Å². The predicted molar refractivity (Wildman–Crippen MR) is 135 cm³/mol. The first-order valence-corrected chi connectivity index (χ1v) is 12.7. The number of benzene rings is 1. The molecule has 4 rings (SSSR count). The molecule has 1 aromatic carbocycles. The monoisotopic (exact) mass is 481 g/mol. The average Bonchev–Trinajstić information content (AvgIpc) is 3.36. The second-order valence-electron chi connectivity index (χ2n) is 12.0. The molecule has 0 spiro atoms. The van der Waals surface area contributed by atoms with Gasteiger partial charge in [-0.3, -0.25) is 0 Å². The Kier molecular flexibility index (Phi) is 7.12. The van der Waals surface area contributed by atoms with E-state index in [1.807, 2.05) is 39.2 Å². The van der Waals surface area contributed by atoms with Crippen molar-refractivity contribution in [2.24, 2.45) is 11.3 Å². The smallest absolute Gasteiger partial charge is 0.410 e. The Hall–Kier alpha value is -2.63. The number of nitrogens with zero attached hydrogens (tertiary/aromatic N) is 4. The van der Waals surface area contributed by atoms with Crippen LogP contribution in [0.15, 0.2) is 24.5 Å². The van der Waals surface area contributed by atoms with Gasteiger partial charge in [0.05, 0.1) is 34.6 Å².